The Morgan fingerprint density at radius 1 is 1.50 bits per heavy atom. The van der Waals surface area contributed by atoms with Crippen LogP contribution in [0.4, 0.5) is 0 Å². The molecule has 100 valence electrons. The van der Waals surface area contributed by atoms with Gasteiger partial charge in [0.2, 0.25) is 0 Å². The van der Waals surface area contributed by atoms with Crippen molar-refractivity contribution in [3.05, 3.63) is 18.0 Å². The molecule has 1 rings (SSSR count). The number of esters is 1. The number of aliphatic carboxylic acids is 1. The Hall–Kier alpha value is -1.85. The molecule has 0 spiro atoms. The van der Waals surface area contributed by atoms with E-state index in [4.69, 9.17) is 9.84 Å². The summed E-state index contributed by atoms with van der Waals surface area (Å²) in [7, 11) is 0. The van der Waals surface area contributed by atoms with Crippen molar-refractivity contribution in [2.75, 3.05) is 0 Å². The van der Waals surface area contributed by atoms with E-state index in [2.05, 4.69) is 5.10 Å². The summed E-state index contributed by atoms with van der Waals surface area (Å²) < 4.78 is 6.41. The van der Waals surface area contributed by atoms with Gasteiger partial charge in [0.05, 0.1) is 0 Å². The van der Waals surface area contributed by atoms with Gasteiger partial charge in [0, 0.05) is 6.20 Å². The van der Waals surface area contributed by atoms with Crippen LogP contribution in [-0.2, 0) is 9.53 Å². The Balaban J connectivity index is 2.86. The lowest BCUT2D eigenvalue weighted by molar-refractivity contribution is -0.141. The number of aromatic nitrogens is 2. The van der Waals surface area contributed by atoms with Crippen molar-refractivity contribution in [3.63, 3.8) is 0 Å². The molecule has 1 N–H and O–H groups in total. The molecule has 0 aliphatic rings. The Morgan fingerprint density at radius 2 is 2.11 bits per heavy atom. The average molecular weight is 254 g/mol. The van der Waals surface area contributed by atoms with Crippen molar-refractivity contribution in [1.29, 1.82) is 0 Å². The number of carbonyl (C=O) groups excluding carboxylic acids is 1. The van der Waals surface area contributed by atoms with Crippen molar-refractivity contribution in [3.8, 4) is 0 Å². The number of rotatable bonds is 4. The highest BCUT2D eigenvalue weighted by Gasteiger charge is 2.23. The normalized spacial score (nSPS) is 13.1. The topological polar surface area (TPSA) is 81.4 Å². The first-order chi connectivity index (χ1) is 8.24. The van der Waals surface area contributed by atoms with E-state index in [0.717, 1.165) is 0 Å². The quantitative estimate of drug-likeness (QED) is 0.829. The second kappa shape index (κ2) is 5.20. The minimum Gasteiger partial charge on any atom is -0.480 e. The highest BCUT2D eigenvalue weighted by atomic mass is 16.6. The third-order valence-corrected chi connectivity index (χ3v) is 2.21. The molecule has 6 heteroatoms. The fourth-order valence-corrected chi connectivity index (χ4v) is 1.43. The number of nitrogens with zero attached hydrogens (tertiary/aromatic N) is 2. The second-order valence-electron chi connectivity index (χ2n) is 4.95. The largest absolute Gasteiger partial charge is 0.480 e. The van der Waals surface area contributed by atoms with Crippen LogP contribution in [-0.4, -0.2) is 32.4 Å². The van der Waals surface area contributed by atoms with Crippen LogP contribution in [0.2, 0.25) is 0 Å². The van der Waals surface area contributed by atoms with Crippen LogP contribution in [0.3, 0.4) is 0 Å². The zero-order valence-corrected chi connectivity index (χ0v) is 11.0. The maximum absolute atomic E-state index is 11.7. The van der Waals surface area contributed by atoms with E-state index in [-0.39, 0.29) is 5.69 Å². The second-order valence-corrected chi connectivity index (χ2v) is 4.95. The molecule has 0 fully saturated rings. The minimum atomic E-state index is -0.976. The summed E-state index contributed by atoms with van der Waals surface area (Å²) >= 11 is 0. The number of hydrogen-bond donors (Lipinski definition) is 1. The predicted molar refractivity (Wildman–Crippen MR) is 64.4 cm³/mol. The lowest BCUT2D eigenvalue weighted by Crippen LogP contribution is -2.25. The highest BCUT2D eigenvalue weighted by Crippen LogP contribution is 2.14. The first-order valence-electron chi connectivity index (χ1n) is 5.76. The van der Waals surface area contributed by atoms with Crippen molar-refractivity contribution in [2.24, 2.45) is 0 Å². The number of ether oxygens (including phenoxy) is 1. The number of carbonyl (C=O) groups is 2. The molecule has 1 aromatic heterocycles. The lowest BCUT2D eigenvalue weighted by Gasteiger charge is -2.18. The molecular weight excluding hydrogens is 236 g/mol. The molecule has 18 heavy (non-hydrogen) atoms. The summed E-state index contributed by atoms with van der Waals surface area (Å²) in [5.41, 5.74) is -0.484. The van der Waals surface area contributed by atoms with Crippen molar-refractivity contribution in [2.45, 2.75) is 45.8 Å². The van der Waals surface area contributed by atoms with Crippen molar-refractivity contribution in [1.82, 2.24) is 9.78 Å². The van der Waals surface area contributed by atoms with E-state index in [1.165, 1.54) is 16.9 Å². The maximum atomic E-state index is 11.7. The van der Waals surface area contributed by atoms with E-state index in [1.807, 2.05) is 0 Å². The van der Waals surface area contributed by atoms with Crippen LogP contribution < -0.4 is 0 Å². The van der Waals surface area contributed by atoms with Gasteiger partial charge in [0.15, 0.2) is 5.69 Å². The molecule has 1 heterocycles. The van der Waals surface area contributed by atoms with Gasteiger partial charge >= 0.3 is 11.9 Å². The Morgan fingerprint density at radius 3 is 2.56 bits per heavy atom. The van der Waals surface area contributed by atoms with Gasteiger partial charge in [0.25, 0.3) is 0 Å². The fourth-order valence-electron chi connectivity index (χ4n) is 1.43. The van der Waals surface area contributed by atoms with E-state index in [0.29, 0.717) is 6.42 Å². The molecule has 0 radical (unpaired) electrons. The Labute approximate surface area is 106 Å². The van der Waals surface area contributed by atoms with Gasteiger partial charge in [-0.25, -0.2) is 9.59 Å². The first kappa shape index (κ1) is 14.2. The molecular formula is C12H18N2O4. The molecule has 0 saturated carbocycles. The molecule has 0 bridgehead atoms. The highest BCUT2D eigenvalue weighted by molar-refractivity contribution is 5.87. The van der Waals surface area contributed by atoms with Gasteiger partial charge in [-0.2, -0.15) is 5.10 Å². The number of carboxylic acids is 1. The van der Waals surface area contributed by atoms with E-state index in [1.54, 1.807) is 27.7 Å². The van der Waals surface area contributed by atoms with Gasteiger partial charge in [-0.05, 0) is 33.3 Å². The standard InChI is InChI=1S/C12H18N2O4/c1-5-9(10(15)16)14-7-6-8(13-14)11(17)18-12(2,3)4/h6-7,9H,5H2,1-4H3,(H,15,16)/t9-/m0/s1. The van der Waals surface area contributed by atoms with Gasteiger partial charge in [-0.15, -0.1) is 0 Å². The first-order valence-corrected chi connectivity index (χ1v) is 5.76. The fraction of sp³-hybridized carbons (Fsp3) is 0.583. The van der Waals surface area contributed by atoms with Crippen LogP contribution >= 0.6 is 0 Å². The van der Waals surface area contributed by atoms with Gasteiger partial charge < -0.3 is 9.84 Å². The summed E-state index contributed by atoms with van der Waals surface area (Å²) in [6.07, 6.45) is 1.87. The van der Waals surface area contributed by atoms with E-state index < -0.39 is 23.6 Å². The van der Waals surface area contributed by atoms with Gasteiger partial charge in [0.1, 0.15) is 11.6 Å². The summed E-state index contributed by atoms with van der Waals surface area (Å²) in [5.74, 6) is -1.53. The SMILES string of the molecule is CC[C@@H](C(=O)O)n1ccc(C(=O)OC(C)(C)C)n1. The van der Waals surface area contributed by atoms with Gasteiger partial charge in [-0.3, -0.25) is 4.68 Å². The molecule has 0 unspecified atom stereocenters. The minimum absolute atomic E-state index is 0.115. The van der Waals surface area contributed by atoms with Crippen molar-refractivity contribution < 1.29 is 19.4 Å². The monoisotopic (exact) mass is 254 g/mol. The van der Waals surface area contributed by atoms with Crippen LogP contribution in [0.1, 0.15) is 50.6 Å². The van der Waals surface area contributed by atoms with Crippen molar-refractivity contribution >= 4 is 11.9 Å². The molecule has 0 amide bonds. The zero-order valence-electron chi connectivity index (χ0n) is 11.0. The summed E-state index contributed by atoms with van der Waals surface area (Å²) in [6.45, 7) is 7.02. The smallest absolute Gasteiger partial charge is 0.359 e. The van der Waals surface area contributed by atoms with Gasteiger partial charge in [-0.1, -0.05) is 6.92 Å². The van der Waals surface area contributed by atoms with Crippen LogP contribution in [0.15, 0.2) is 12.3 Å². The zero-order chi connectivity index (χ0) is 13.9. The van der Waals surface area contributed by atoms with Crippen LogP contribution in [0.25, 0.3) is 0 Å². The van der Waals surface area contributed by atoms with E-state index >= 15 is 0 Å². The Kier molecular flexibility index (Phi) is 4.11. The molecule has 0 aromatic carbocycles. The number of carboxylic acid groups (broad SMARTS) is 1. The maximum Gasteiger partial charge on any atom is 0.359 e. The third-order valence-electron chi connectivity index (χ3n) is 2.21. The molecule has 0 saturated heterocycles. The average Bonchev–Trinajstić information content (AvgIpc) is 2.64. The molecule has 1 aromatic rings. The molecule has 6 nitrogen and oxygen atoms in total. The lowest BCUT2D eigenvalue weighted by atomic mass is 10.2. The number of hydrogen-bond acceptors (Lipinski definition) is 4. The predicted octanol–water partition coefficient (Wildman–Crippen LogP) is 1.87. The van der Waals surface area contributed by atoms with Crippen LogP contribution in [0, 0.1) is 0 Å². The Bertz CT molecular complexity index is 445. The van der Waals surface area contributed by atoms with E-state index in [9.17, 15) is 9.59 Å². The summed E-state index contributed by atoms with van der Waals surface area (Å²) in [5, 5.41) is 12.9. The summed E-state index contributed by atoms with van der Waals surface area (Å²) in [6, 6.07) is 0.695. The molecule has 0 aliphatic carbocycles. The molecule has 0 aliphatic heterocycles. The molecule has 1 atom stereocenters. The van der Waals surface area contributed by atoms with Crippen LogP contribution in [0.5, 0.6) is 0 Å². The third kappa shape index (κ3) is 3.58. The summed E-state index contributed by atoms with van der Waals surface area (Å²) in [4.78, 5) is 22.7.